The van der Waals surface area contributed by atoms with Gasteiger partial charge in [0.15, 0.2) is 4.47 Å². The maximum absolute atomic E-state index is 14.0. The van der Waals surface area contributed by atoms with Gasteiger partial charge in [-0.25, -0.2) is 9.37 Å². The van der Waals surface area contributed by atoms with Crippen LogP contribution < -0.4 is 10.1 Å². The van der Waals surface area contributed by atoms with Crippen LogP contribution in [0.15, 0.2) is 24.4 Å². The van der Waals surface area contributed by atoms with E-state index in [-0.39, 0.29) is 11.2 Å². The lowest BCUT2D eigenvalue weighted by Gasteiger charge is -2.21. The molecule has 0 fully saturated rings. The number of rotatable bonds is 5. The molecule has 0 spiro atoms. The van der Waals surface area contributed by atoms with Gasteiger partial charge in [0.2, 0.25) is 0 Å². The average Bonchev–Trinajstić information content (AvgIpc) is 2.80. The first-order chi connectivity index (χ1) is 9.85. The average molecular weight is 329 g/mol. The van der Waals surface area contributed by atoms with Crippen molar-refractivity contribution in [2.24, 2.45) is 5.41 Å². The zero-order chi connectivity index (χ0) is 15.5. The van der Waals surface area contributed by atoms with Gasteiger partial charge in [-0.1, -0.05) is 38.4 Å². The number of thiazole rings is 1. The van der Waals surface area contributed by atoms with Crippen LogP contribution in [0, 0.1) is 11.2 Å². The van der Waals surface area contributed by atoms with Crippen molar-refractivity contribution in [2.75, 3.05) is 11.9 Å². The minimum Gasteiger partial charge on any atom is -0.491 e. The topological polar surface area (TPSA) is 34.1 Å². The minimum absolute atomic E-state index is 0.00872. The van der Waals surface area contributed by atoms with Crippen molar-refractivity contribution < 1.29 is 9.13 Å². The second kappa shape index (κ2) is 6.62. The van der Waals surface area contributed by atoms with Crippen LogP contribution >= 0.6 is 22.9 Å². The molecular formula is C15H18ClFN2OS. The van der Waals surface area contributed by atoms with E-state index in [1.54, 1.807) is 18.3 Å². The summed E-state index contributed by atoms with van der Waals surface area (Å²) < 4.78 is 20.2. The molecule has 0 radical (unpaired) electrons. The zero-order valence-electron chi connectivity index (χ0n) is 12.2. The highest BCUT2D eigenvalue weighted by molar-refractivity contribution is 7.15. The van der Waals surface area contributed by atoms with Gasteiger partial charge in [-0.05, 0) is 17.5 Å². The highest BCUT2D eigenvalue weighted by Gasteiger charge is 2.15. The molecule has 114 valence electrons. The first-order valence-electron chi connectivity index (χ1n) is 6.60. The third-order valence-electron chi connectivity index (χ3n) is 2.60. The Kier molecular flexibility index (Phi) is 5.06. The second-order valence-corrected chi connectivity index (χ2v) is 7.59. The van der Waals surface area contributed by atoms with E-state index in [0.717, 1.165) is 4.88 Å². The Morgan fingerprint density at radius 1 is 1.38 bits per heavy atom. The first-order valence-corrected chi connectivity index (χ1v) is 7.80. The van der Waals surface area contributed by atoms with Crippen molar-refractivity contribution in [3.05, 3.63) is 39.6 Å². The van der Waals surface area contributed by atoms with Crippen molar-refractivity contribution in [3.8, 4) is 5.75 Å². The molecule has 21 heavy (non-hydrogen) atoms. The fourth-order valence-electron chi connectivity index (χ4n) is 1.63. The largest absolute Gasteiger partial charge is 0.491 e. The lowest BCUT2D eigenvalue weighted by molar-refractivity contribution is 0.198. The van der Waals surface area contributed by atoms with Crippen LogP contribution in [0.1, 0.15) is 25.6 Å². The van der Waals surface area contributed by atoms with E-state index in [4.69, 9.17) is 16.3 Å². The Morgan fingerprint density at radius 2 is 2.14 bits per heavy atom. The number of para-hydroxylation sites is 1. The Bertz CT molecular complexity index is 610. The summed E-state index contributed by atoms with van der Waals surface area (Å²) in [4.78, 5) is 4.90. The highest BCUT2D eigenvalue weighted by atomic mass is 35.5. The van der Waals surface area contributed by atoms with Gasteiger partial charge in [-0.3, -0.25) is 0 Å². The standard InChI is InChI=1S/C15H18ClFN2OS/c1-15(2,3)9-20-12-6-4-5-11(17)13(12)18-7-10-8-19-14(16)21-10/h4-6,8,18H,7,9H2,1-3H3. The number of ether oxygens (including phenoxy) is 1. The van der Waals surface area contributed by atoms with Gasteiger partial charge in [-0.15, -0.1) is 11.3 Å². The number of nitrogens with one attached hydrogen (secondary N) is 1. The van der Waals surface area contributed by atoms with Crippen LogP contribution in [-0.2, 0) is 6.54 Å². The Labute approximate surface area is 133 Å². The summed E-state index contributed by atoms with van der Waals surface area (Å²) >= 11 is 7.15. The highest BCUT2D eigenvalue weighted by Crippen LogP contribution is 2.30. The van der Waals surface area contributed by atoms with Crippen LogP contribution in [0.4, 0.5) is 10.1 Å². The van der Waals surface area contributed by atoms with E-state index in [0.29, 0.717) is 29.1 Å². The van der Waals surface area contributed by atoms with Gasteiger partial charge in [-0.2, -0.15) is 0 Å². The van der Waals surface area contributed by atoms with Crippen molar-refractivity contribution in [2.45, 2.75) is 27.3 Å². The molecule has 1 aromatic heterocycles. The monoisotopic (exact) mass is 328 g/mol. The molecule has 0 atom stereocenters. The Morgan fingerprint density at radius 3 is 2.76 bits per heavy atom. The molecule has 2 rings (SSSR count). The molecule has 2 aromatic rings. The van der Waals surface area contributed by atoms with E-state index in [1.807, 2.05) is 0 Å². The fourth-order valence-corrected chi connectivity index (χ4v) is 2.55. The smallest absolute Gasteiger partial charge is 0.183 e. The summed E-state index contributed by atoms with van der Waals surface area (Å²) in [7, 11) is 0. The molecule has 0 saturated carbocycles. The van der Waals surface area contributed by atoms with E-state index >= 15 is 0 Å². The van der Waals surface area contributed by atoms with Gasteiger partial charge in [0, 0.05) is 11.1 Å². The van der Waals surface area contributed by atoms with Crippen LogP contribution in [0.5, 0.6) is 5.75 Å². The van der Waals surface area contributed by atoms with Crippen LogP contribution in [-0.4, -0.2) is 11.6 Å². The predicted molar refractivity (Wildman–Crippen MR) is 85.8 cm³/mol. The summed E-state index contributed by atoms with van der Waals surface area (Å²) in [6, 6.07) is 4.81. The molecule has 0 aliphatic heterocycles. The van der Waals surface area contributed by atoms with E-state index in [2.05, 4.69) is 31.1 Å². The number of aromatic nitrogens is 1. The lowest BCUT2D eigenvalue weighted by Crippen LogP contribution is -2.17. The van der Waals surface area contributed by atoms with Crippen molar-refractivity contribution in [3.63, 3.8) is 0 Å². The number of hydrogen-bond acceptors (Lipinski definition) is 4. The Balaban J connectivity index is 2.10. The van der Waals surface area contributed by atoms with Crippen LogP contribution in [0.3, 0.4) is 0 Å². The molecule has 0 saturated heterocycles. The van der Waals surface area contributed by atoms with Gasteiger partial charge in [0.25, 0.3) is 0 Å². The third kappa shape index (κ3) is 4.86. The maximum Gasteiger partial charge on any atom is 0.183 e. The second-order valence-electron chi connectivity index (χ2n) is 5.90. The molecule has 1 aromatic carbocycles. The fraction of sp³-hybridized carbons (Fsp3) is 0.400. The molecule has 0 amide bonds. The zero-order valence-corrected chi connectivity index (χ0v) is 13.8. The van der Waals surface area contributed by atoms with Gasteiger partial charge >= 0.3 is 0 Å². The van der Waals surface area contributed by atoms with Gasteiger partial charge in [0.05, 0.1) is 13.2 Å². The van der Waals surface area contributed by atoms with Crippen LogP contribution in [0.2, 0.25) is 4.47 Å². The lowest BCUT2D eigenvalue weighted by atomic mass is 9.99. The number of nitrogens with zero attached hydrogens (tertiary/aromatic N) is 1. The van der Waals surface area contributed by atoms with Crippen molar-refractivity contribution in [1.82, 2.24) is 4.98 Å². The maximum atomic E-state index is 14.0. The molecule has 1 N–H and O–H groups in total. The van der Waals surface area contributed by atoms with E-state index < -0.39 is 0 Å². The number of benzene rings is 1. The molecule has 0 aliphatic rings. The minimum atomic E-state index is -0.336. The number of anilines is 1. The third-order valence-corrected chi connectivity index (χ3v) is 3.72. The van der Waals surface area contributed by atoms with E-state index in [9.17, 15) is 4.39 Å². The van der Waals surface area contributed by atoms with Gasteiger partial charge < -0.3 is 10.1 Å². The summed E-state index contributed by atoms with van der Waals surface area (Å²) in [6.07, 6.45) is 1.68. The van der Waals surface area contributed by atoms with Crippen molar-refractivity contribution in [1.29, 1.82) is 0 Å². The summed E-state index contributed by atoms with van der Waals surface area (Å²) in [5.41, 5.74) is 0.376. The Hall–Kier alpha value is -1.33. The molecule has 1 heterocycles. The normalized spacial score (nSPS) is 11.5. The summed E-state index contributed by atoms with van der Waals surface area (Å²) in [6.45, 7) is 7.17. The van der Waals surface area contributed by atoms with E-state index in [1.165, 1.54) is 17.4 Å². The summed E-state index contributed by atoms with van der Waals surface area (Å²) in [5, 5.41) is 3.06. The van der Waals surface area contributed by atoms with Gasteiger partial charge in [0.1, 0.15) is 17.3 Å². The SMILES string of the molecule is CC(C)(C)COc1cccc(F)c1NCc1cnc(Cl)s1. The predicted octanol–water partition coefficient (Wildman–Crippen LogP) is 4.97. The quantitative estimate of drug-likeness (QED) is 0.841. The molecule has 0 aliphatic carbocycles. The molecule has 3 nitrogen and oxygen atoms in total. The molecule has 0 bridgehead atoms. The first kappa shape index (κ1) is 16.0. The van der Waals surface area contributed by atoms with Crippen molar-refractivity contribution >= 4 is 28.6 Å². The van der Waals surface area contributed by atoms with Crippen LogP contribution in [0.25, 0.3) is 0 Å². The molecular weight excluding hydrogens is 311 g/mol. The molecule has 6 heteroatoms. The number of halogens is 2. The number of hydrogen-bond donors (Lipinski definition) is 1. The molecule has 0 unspecified atom stereocenters. The summed E-state index contributed by atoms with van der Waals surface area (Å²) in [5.74, 6) is 0.178.